The summed E-state index contributed by atoms with van der Waals surface area (Å²) >= 11 is 0. The molecule has 1 fully saturated rings. The number of rotatable bonds is 7. The van der Waals surface area contributed by atoms with Crippen molar-refractivity contribution in [3.63, 3.8) is 0 Å². The molecule has 1 aromatic carbocycles. The van der Waals surface area contributed by atoms with E-state index in [1.165, 1.54) is 23.9 Å². The van der Waals surface area contributed by atoms with Gasteiger partial charge in [0.1, 0.15) is 5.69 Å². The number of benzene rings is 1. The van der Waals surface area contributed by atoms with Crippen LogP contribution >= 0.6 is 0 Å². The van der Waals surface area contributed by atoms with Crippen molar-refractivity contribution in [2.24, 2.45) is 0 Å². The summed E-state index contributed by atoms with van der Waals surface area (Å²) in [6.45, 7) is 1.70. The molecule has 2 heterocycles. The van der Waals surface area contributed by atoms with E-state index in [4.69, 9.17) is 9.84 Å². The van der Waals surface area contributed by atoms with Crippen molar-refractivity contribution in [2.45, 2.75) is 18.9 Å². The lowest BCUT2D eigenvalue weighted by atomic mass is 10.1. The smallest absolute Gasteiger partial charge is 0.335 e. The first kappa shape index (κ1) is 17.1. The van der Waals surface area contributed by atoms with Gasteiger partial charge >= 0.3 is 5.97 Å². The Kier molecular flexibility index (Phi) is 5.40. The first-order valence-electron chi connectivity index (χ1n) is 8.27. The van der Waals surface area contributed by atoms with Crippen LogP contribution in [0, 0.1) is 0 Å². The molecule has 1 amide bonds. The van der Waals surface area contributed by atoms with Crippen molar-refractivity contribution >= 4 is 11.9 Å². The highest BCUT2D eigenvalue weighted by atomic mass is 16.5. The Bertz CT molecular complexity index is 742. The quantitative estimate of drug-likeness (QED) is 0.782. The van der Waals surface area contributed by atoms with Crippen LogP contribution < -0.4 is 0 Å². The molecule has 0 saturated carbocycles. The fourth-order valence-electron chi connectivity index (χ4n) is 2.72. The van der Waals surface area contributed by atoms with Crippen molar-refractivity contribution in [1.82, 2.24) is 9.88 Å². The number of carboxylic acids is 1. The van der Waals surface area contributed by atoms with E-state index in [1.807, 2.05) is 18.2 Å². The molecule has 0 bridgehead atoms. The Morgan fingerprint density at radius 3 is 2.68 bits per heavy atom. The second kappa shape index (κ2) is 7.90. The minimum absolute atomic E-state index is 0.0439. The van der Waals surface area contributed by atoms with Gasteiger partial charge in [-0.1, -0.05) is 30.3 Å². The standard InChI is InChI=1S/C19H20N2O4/c22-18(17-11-15(19(23)24)8-9-20-17)21-12-16(13-21)25-10-4-7-14-5-2-1-3-6-14/h1-3,5-6,8-9,11,16H,4,7,10,12-13H2,(H,23,24). The molecule has 0 atom stereocenters. The molecule has 0 radical (unpaired) electrons. The molecular weight excluding hydrogens is 320 g/mol. The number of aryl methyl sites for hydroxylation is 1. The monoisotopic (exact) mass is 340 g/mol. The molecule has 0 spiro atoms. The number of ether oxygens (including phenoxy) is 1. The lowest BCUT2D eigenvalue weighted by Gasteiger charge is -2.38. The third kappa shape index (κ3) is 4.42. The van der Waals surface area contributed by atoms with E-state index in [0.717, 1.165) is 12.8 Å². The predicted octanol–water partition coefficient (Wildman–Crippen LogP) is 2.25. The molecule has 3 rings (SSSR count). The molecule has 0 aliphatic carbocycles. The van der Waals surface area contributed by atoms with Gasteiger partial charge < -0.3 is 14.7 Å². The zero-order valence-corrected chi connectivity index (χ0v) is 13.8. The summed E-state index contributed by atoms with van der Waals surface area (Å²) in [5.41, 5.74) is 1.51. The molecule has 1 aliphatic rings. The van der Waals surface area contributed by atoms with Gasteiger partial charge in [-0.2, -0.15) is 0 Å². The van der Waals surface area contributed by atoms with Crippen molar-refractivity contribution in [3.8, 4) is 0 Å². The molecule has 1 aliphatic heterocycles. The van der Waals surface area contributed by atoms with Gasteiger partial charge in [-0.05, 0) is 30.5 Å². The zero-order valence-electron chi connectivity index (χ0n) is 13.8. The summed E-state index contributed by atoms with van der Waals surface area (Å²) in [5, 5.41) is 8.97. The van der Waals surface area contributed by atoms with E-state index >= 15 is 0 Å². The highest BCUT2D eigenvalue weighted by molar-refractivity contribution is 5.96. The van der Waals surface area contributed by atoms with Crippen LogP contribution in [-0.2, 0) is 11.2 Å². The second-order valence-electron chi connectivity index (χ2n) is 6.03. The molecule has 1 saturated heterocycles. The summed E-state index contributed by atoms with van der Waals surface area (Å²) in [7, 11) is 0. The Labute approximate surface area is 146 Å². The van der Waals surface area contributed by atoms with Gasteiger partial charge in [-0.15, -0.1) is 0 Å². The van der Waals surface area contributed by atoms with E-state index in [9.17, 15) is 9.59 Å². The number of carbonyl (C=O) groups excluding carboxylic acids is 1. The fraction of sp³-hybridized carbons (Fsp3) is 0.316. The molecule has 2 aromatic rings. The lowest BCUT2D eigenvalue weighted by molar-refractivity contribution is -0.0431. The topological polar surface area (TPSA) is 79.7 Å². The molecule has 130 valence electrons. The summed E-state index contributed by atoms with van der Waals surface area (Å²) in [5.74, 6) is -1.33. The Morgan fingerprint density at radius 2 is 1.96 bits per heavy atom. The molecule has 25 heavy (non-hydrogen) atoms. The number of hydrogen-bond donors (Lipinski definition) is 1. The Morgan fingerprint density at radius 1 is 1.20 bits per heavy atom. The largest absolute Gasteiger partial charge is 0.478 e. The van der Waals surface area contributed by atoms with Crippen LogP contribution in [0.4, 0.5) is 0 Å². The molecule has 0 unspecified atom stereocenters. The normalized spacial score (nSPS) is 14.2. The first-order chi connectivity index (χ1) is 12.1. The summed E-state index contributed by atoms with van der Waals surface area (Å²) in [4.78, 5) is 28.8. The maximum atomic E-state index is 12.3. The van der Waals surface area contributed by atoms with Crippen LogP contribution in [0.25, 0.3) is 0 Å². The average Bonchev–Trinajstić information content (AvgIpc) is 2.60. The summed E-state index contributed by atoms with van der Waals surface area (Å²) in [6.07, 6.45) is 3.30. The third-order valence-corrected chi connectivity index (χ3v) is 4.17. The molecule has 1 N–H and O–H groups in total. The number of carboxylic acid groups (broad SMARTS) is 1. The minimum atomic E-state index is -1.07. The number of pyridine rings is 1. The van der Waals surface area contributed by atoms with E-state index in [0.29, 0.717) is 19.7 Å². The number of carbonyl (C=O) groups is 2. The number of amides is 1. The van der Waals surface area contributed by atoms with Gasteiger partial charge in [-0.3, -0.25) is 9.78 Å². The highest BCUT2D eigenvalue weighted by Crippen LogP contribution is 2.16. The summed E-state index contributed by atoms with van der Waals surface area (Å²) < 4.78 is 5.77. The van der Waals surface area contributed by atoms with Crippen molar-refractivity contribution < 1.29 is 19.4 Å². The maximum absolute atomic E-state index is 12.3. The van der Waals surface area contributed by atoms with Crippen molar-refractivity contribution in [3.05, 3.63) is 65.5 Å². The lowest BCUT2D eigenvalue weighted by Crippen LogP contribution is -2.55. The van der Waals surface area contributed by atoms with Crippen molar-refractivity contribution in [1.29, 1.82) is 0 Å². The molecule has 6 heteroatoms. The van der Waals surface area contributed by atoms with Crippen LogP contribution in [0.15, 0.2) is 48.7 Å². The van der Waals surface area contributed by atoms with Gasteiger partial charge in [0.15, 0.2) is 0 Å². The van der Waals surface area contributed by atoms with Crippen LogP contribution in [-0.4, -0.2) is 52.7 Å². The van der Waals surface area contributed by atoms with Crippen LogP contribution in [0.5, 0.6) is 0 Å². The van der Waals surface area contributed by atoms with Gasteiger partial charge in [-0.25, -0.2) is 4.79 Å². The Balaban J connectivity index is 1.39. The number of aromatic nitrogens is 1. The Hall–Kier alpha value is -2.73. The zero-order chi connectivity index (χ0) is 17.6. The molecular formula is C19H20N2O4. The molecule has 1 aromatic heterocycles. The highest BCUT2D eigenvalue weighted by Gasteiger charge is 2.32. The van der Waals surface area contributed by atoms with Crippen molar-refractivity contribution in [2.75, 3.05) is 19.7 Å². The first-order valence-corrected chi connectivity index (χ1v) is 8.27. The van der Waals surface area contributed by atoms with Crippen LogP contribution in [0.2, 0.25) is 0 Å². The number of likely N-dealkylation sites (tertiary alicyclic amines) is 1. The average molecular weight is 340 g/mol. The van der Waals surface area contributed by atoms with E-state index in [2.05, 4.69) is 17.1 Å². The number of aromatic carboxylic acids is 1. The second-order valence-corrected chi connectivity index (χ2v) is 6.03. The number of nitrogens with zero attached hydrogens (tertiary/aromatic N) is 2. The van der Waals surface area contributed by atoms with E-state index in [-0.39, 0.29) is 23.3 Å². The third-order valence-electron chi connectivity index (χ3n) is 4.17. The SMILES string of the molecule is O=C(O)c1ccnc(C(=O)N2CC(OCCCc3ccccc3)C2)c1. The fourth-order valence-corrected chi connectivity index (χ4v) is 2.72. The van der Waals surface area contributed by atoms with Crippen LogP contribution in [0.3, 0.4) is 0 Å². The van der Waals surface area contributed by atoms with Gasteiger partial charge in [0, 0.05) is 25.9 Å². The van der Waals surface area contributed by atoms with E-state index < -0.39 is 5.97 Å². The predicted molar refractivity (Wildman–Crippen MR) is 91.6 cm³/mol. The minimum Gasteiger partial charge on any atom is -0.478 e. The number of hydrogen-bond acceptors (Lipinski definition) is 4. The van der Waals surface area contributed by atoms with Gasteiger partial charge in [0.2, 0.25) is 0 Å². The summed E-state index contributed by atoms with van der Waals surface area (Å²) in [6, 6.07) is 12.9. The van der Waals surface area contributed by atoms with E-state index in [1.54, 1.807) is 4.90 Å². The van der Waals surface area contributed by atoms with Crippen LogP contribution in [0.1, 0.15) is 32.8 Å². The van der Waals surface area contributed by atoms with Gasteiger partial charge in [0.05, 0.1) is 11.7 Å². The maximum Gasteiger partial charge on any atom is 0.335 e. The van der Waals surface area contributed by atoms with Gasteiger partial charge in [0.25, 0.3) is 5.91 Å². The molecule has 6 nitrogen and oxygen atoms in total.